The molecule has 1 unspecified atom stereocenters. The lowest BCUT2D eigenvalue weighted by atomic mass is 9.86. The standard InChI is InChI=1S/C29H40N2O3/c1-3-4-15-34-28-11-8-24(9-12-28)29(32)31(2)27-10-7-25-18-23(5-6-26(25)19-27)21-30-20-22-13-16-33-17-14-22/h5-6,8-9,11-12,18,22,27,30H,3-4,7,10,13-17,19-21H2,1-2H3. The number of aryl methyl sites for hydroxylation is 1. The van der Waals surface area contributed by atoms with Crippen molar-refractivity contribution < 1.29 is 14.3 Å². The number of unbranched alkanes of at least 4 members (excludes halogenated alkanes) is 1. The molecule has 1 saturated heterocycles. The summed E-state index contributed by atoms with van der Waals surface area (Å²) in [5.74, 6) is 1.66. The first-order valence-electron chi connectivity index (χ1n) is 13.0. The van der Waals surface area contributed by atoms with Crippen molar-refractivity contribution in [2.75, 3.05) is 33.4 Å². The summed E-state index contributed by atoms with van der Waals surface area (Å²) in [7, 11) is 1.94. The lowest BCUT2D eigenvalue weighted by molar-refractivity contribution is 0.0662. The Kier molecular flexibility index (Phi) is 9.00. The van der Waals surface area contributed by atoms with E-state index in [4.69, 9.17) is 9.47 Å². The normalized spacial score (nSPS) is 18.4. The van der Waals surface area contributed by atoms with E-state index in [1.54, 1.807) is 0 Å². The van der Waals surface area contributed by atoms with E-state index in [1.165, 1.54) is 29.5 Å². The molecule has 1 fully saturated rings. The van der Waals surface area contributed by atoms with Gasteiger partial charge in [0.2, 0.25) is 0 Å². The summed E-state index contributed by atoms with van der Waals surface area (Å²) < 4.78 is 11.2. The van der Waals surface area contributed by atoms with Crippen LogP contribution >= 0.6 is 0 Å². The van der Waals surface area contributed by atoms with Gasteiger partial charge >= 0.3 is 0 Å². The SMILES string of the molecule is CCCCOc1ccc(C(=O)N(C)C2CCc3cc(CNCC4CCOCC4)ccc3C2)cc1. The van der Waals surface area contributed by atoms with Crippen molar-refractivity contribution in [3.8, 4) is 5.75 Å². The molecule has 1 heterocycles. The van der Waals surface area contributed by atoms with Crippen LogP contribution in [0.3, 0.4) is 0 Å². The van der Waals surface area contributed by atoms with Crippen molar-refractivity contribution in [1.82, 2.24) is 10.2 Å². The summed E-state index contributed by atoms with van der Waals surface area (Å²) >= 11 is 0. The average Bonchev–Trinajstić information content (AvgIpc) is 2.89. The summed E-state index contributed by atoms with van der Waals surface area (Å²) in [4.78, 5) is 15.0. The van der Waals surface area contributed by atoms with E-state index >= 15 is 0 Å². The van der Waals surface area contributed by atoms with Gasteiger partial charge in [0.15, 0.2) is 0 Å². The molecule has 2 aliphatic rings. The van der Waals surface area contributed by atoms with Crippen molar-refractivity contribution in [3.63, 3.8) is 0 Å². The molecule has 2 aromatic carbocycles. The Morgan fingerprint density at radius 1 is 1.09 bits per heavy atom. The largest absolute Gasteiger partial charge is 0.494 e. The zero-order valence-corrected chi connectivity index (χ0v) is 20.9. The third-order valence-corrected chi connectivity index (χ3v) is 7.31. The highest BCUT2D eigenvalue weighted by atomic mass is 16.5. The van der Waals surface area contributed by atoms with Gasteiger partial charge in [-0.1, -0.05) is 31.5 Å². The highest BCUT2D eigenvalue weighted by molar-refractivity contribution is 5.94. The predicted molar refractivity (Wildman–Crippen MR) is 136 cm³/mol. The Morgan fingerprint density at radius 2 is 1.88 bits per heavy atom. The molecule has 5 nitrogen and oxygen atoms in total. The molecule has 184 valence electrons. The van der Waals surface area contributed by atoms with Crippen molar-refractivity contribution in [2.45, 2.75) is 64.5 Å². The van der Waals surface area contributed by atoms with Gasteiger partial charge in [-0.25, -0.2) is 0 Å². The zero-order valence-electron chi connectivity index (χ0n) is 20.9. The minimum absolute atomic E-state index is 0.0856. The van der Waals surface area contributed by atoms with E-state index in [1.807, 2.05) is 36.2 Å². The van der Waals surface area contributed by atoms with Crippen molar-refractivity contribution in [2.24, 2.45) is 5.92 Å². The molecular weight excluding hydrogens is 424 g/mol. The molecule has 1 atom stereocenters. The molecule has 0 bridgehead atoms. The van der Waals surface area contributed by atoms with Crippen LogP contribution in [-0.2, 0) is 24.1 Å². The van der Waals surface area contributed by atoms with Crippen LogP contribution in [0.2, 0.25) is 0 Å². The summed E-state index contributed by atoms with van der Waals surface area (Å²) in [5.41, 5.74) is 4.90. The molecule has 4 rings (SSSR count). The van der Waals surface area contributed by atoms with Crippen LogP contribution in [-0.4, -0.2) is 50.3 Å². The van der Waals surface area contributed by atoms with E-state index in [0.717, 1.165) is 82.2 Å². The van der Waals surface area contributed by atoms with E-state index in [0.29, 0.717) is 0 Å². The summed E-state index contributed by atoms with van der Waals surface area (Å²) in [6.07, 6.45) is 7.44. The summed E-state index contributed by atoms with van der Waals surface area (Å²) in [5, 5.41) is 3.64. The van der Waals surface area contributed by atoms with Crippen LogP contribution in [0.25, 0.3) is 0 Å². The van der Waals surface area contributed by atoms with Crippen molar-refractivity contribution >= 4 is 5.91 Å². The minimum atomic E-state index is 0.0856. The average molecular weight is 465 g/mol. The van der Waals surface area contributed by atoms with Crippen LogP contribution in [0.4, 0.5) is 0 Å². The molecule has 1 N–H and O–H groups in total. The highest BCUT2D eigenvalue weighted by Crippen LogP contribution is 2.26. The van der Waals surface area contributed by atoms with E-state index < -0.39 is 0 Å². The maximum Gasteiger partial charge on any atom is 0.253 e. The third kappa shape index (κ3) is 6.61. The topological polar surface area (TPSA) is 50.8 Å². The Bertz CT molecular complexity index is 921. The molecule has 1 amide bonds. The first kappa shape index (κ1) is 24.7. The van der Waals surface area contributed by atoms with Crippen LogP contribution in [0.5, 0.6) is 5.75 Å². The number of hydrogen-bond donors (Lipinski definition) is 1. The number of fused-ring (bicyclic) bond motifs is 1. The number of carbonyl (C=O) groups is 1. The van der Waals surface area contributed by atoms with E-state index in [-0.39, 0.29) is 11.9 Å². The second kappa shape index (κ2) is 12.4. The van der Waals surface area contributed by atoms with Gasteiger partial charge in [0.05, 0.1) is 6.61 Å². The number of ether oxygens (including phenoxy) is 2. The molecule has 1 aliphatic carbocycles. The lowest BCUT2D eigenvalue weighted by Crippen LogP contribution is -2.40. The molecule has 5 heteroatoms. The number of rotatable bonds is 10. The molecule has 2 aromatic rings. The Balaban J connectivity index is 1.28. The minimum Gasteiger partial charge on any atom is -0.494 e. The number of amides is 1. The maximum absolute atomic E-state index is 13.1. The van der Waals surface area contributed by atoms with Gasteiger partial charge in [0, 0.05) is 38.4 Å². The third-order valence-electron chi connectivity index (χ3n) is 7.31. The fourth-order valence-corrected chi connectivity index (χ4v) is 5.00. The lowest BCUT2D eigenvalue weighted by Gasteiger charge is -2.33. The number of carbonyl (C=O) groups excluding carboxylic acids is 1. The van der Waals surface area contributed by atoms with Crippen LogP contribution in [0, 0.1) is 5.92 Å². The second-order valence-corrected chi connectivity index (χ2v) is 9.83. The fourth-order valence-electron chi connectivity index (χ4n) is 5.00. The summed E-state index contributed by atoms with van der Waals surface area (Å²) in [6.45, 7) is 6.67. The monoisotopic (exact) mass is 464 g/mol. The molecule has 34 heavy (non-hydrogen) atoms. The van der Waals surface area contributed by atoms with Gasteiger partial charge in [0.25, 0.3) is 5.91 Å². The van der Waals surface area contributed by atoms with Crippen molar-refractivity contribution in [1.29, 1.82) is 0 Å². The number of nitrogens with one attached hydrogen (secondary N) is 1. The molecular formula is C29H40N2O3. The van der Waals surface area contributed by atoms with Gasteiger partial charge < -0.3 is 19.7 Å². The second-order valence-electron chi connectivity index (χ2n) is 9.83. The van der Waals surface area contributed by atoms with Gasteiger partial charge in [-0.3, -0.25) is 4.79 Å². The van der Waals surface area contributed by atoms with E-state index in [2.05, 4.69) is 30.4 Å². The van der Waals surface area contributed by atoms with Gasteiger partial charge in [-0.05, 0) is 91.9 Å². The molecule has 1 aliphatic heterocycles. The van der Waals surface area contributed by atoms with Gasteiger partial charge in [-0.2, -0.15) is 0 Å². The Labute approximate surface area is 204 Å². The number of benzene rings is 2. The molecule has 0 aromatic heterocycles. The summed E-state index contributed by atoms with van der Waals surface area (Å²) in [6, 6.07) is 14.7. The Morgan fingerprint density at radius 3 is 2.65 bits per heavy atom. The van der Waals surface area contributed by atoms with Crippen LogP contribution in [0.1, 0.15) is 66.1 Å². The first-order valence-corrected chi connectivity index (χ1v) is 13.0. The molecule has 0 spiro atoms. The van der Waals surface area contributed by atoms with Crippen molar-refractivity contribution in [3.05, 3.63) is 64.7 Å². The molecule has 0 saturated carbocycles. The fraction of sp³-hybridized carbons (Fsp3) is 0.552. The van der Waals surface area contributed by atoms with Crippen LogP contribution < -0.4 is 10.1 Å². The Hall–Kier alpha value is -2.37. The number of hydrogen-bond acceptors (Lipinski definition) is 4. The van der Waals surface area contributed by atoms with E-state index in [9.17, 15) is 4.79 Å². The van der Waals surface area contributed by atoms with Gasteiger partial charge in [0.1, 0.15) is 5.75 Å². The zero-order chi connectivity index (χ0) is 23.8. The highest BCUT2D eigenvalue weighted by Gasteiger charge is 2.26. The quantitative estimate of drug-likeness (QED) is 0.502. The number of nitrogens with zero attached hydrogens (tertiary/aromatic N) is 1. The smallest absolute Gasteiger partial charge is 0.253 e. The number of likely N-dealkylation sites (N-methyl/N-ethyl adjacent to an activating group) is 1. The predicted octanol–water partition coefficient (Wildman–Crippen LogP) is 5.01. The first-order chi connectivity index (χ1) is 16.6. The molecule has 0 radical (unpaired) electrons. The van der Waals surface area contributed by atoms with Crippen LogP contribution in [0.15, 0.2) is 42.5 Å². The van der Waals surface area contributed by atoms with Gasteiger partial charge in [-0.15, -0.1) is 0 Å². The maximum atomic E-state index is 13.1.